The van der Waals surface area contributed by atoms with Crippen molar-refractivity contribution in [1.82, 2.24) is 14.9 Å². The van der Waals surface area contributed by atoms with Crippen LogP contribution in [0.4, 0.5) is 0 Å². The molecule has 7 nitrogen and oxygen atoms in total. The molecule has 0 atom stereocenters. The summed E-state index contributed by atoms with van der Waals surface area (Å²) < 4.78 is 6.27. The Labute approximate surface area is 176 Å². The fourth-order valence-corrected chi connectivity index (χ4v) is 4.03. The van der Waals surface area contributed by atoms with E-state index in [1.807, 2.05) is 12.1 Å². The van der Waals surface area contributed by atoms with Crippen LogP contribution in [0.25, 0.3) is 10.2 Å². The van der Waals surface area contributed by atoms with Crippen molar-refractivity contribution in [3.05, 3.63) is 62.0 Å². The third-order valence-corrected chi connectivity index (χ3v) is 5.77. The van der Waals surface area contributed by atoms with Gasteiger partial charge in [-0.15, -0.1) is 11.3 Å². The Bertz CT molecular complexity index is 1110. The van der Waals surface area contributed by atoms with E-state index in [1.54, 1.807) is 26.0 Å². The van der Waals surface area contributed by atoms with Crippen LogP contribution in [0.2, 0.25) is 5.02 Å². The van der Waals surface area contributed by atoms with Gasteiger partial charge in [0.25, 0.3) is 5.56 Å². The number of carbonyl (C=O) groups excluding carboxylic acids is 2. The zero-order valence-electron chi connectivity index (χ0n) is 16.0. The number of hydrogen-bond donors (Lipinski definition) is 1. The number of fused-ring (bicyclic) bond motifs is 1. The van der Waals surface area contributed by atoms with Crippen LogP contribution in [0.15, 0.2) is 35.4 Å². The lowest BCUT2D eigenvalue weighted by atomic mass is 10.1. The van der Waals surface area contributed by atoms with Crippen LogP contribution in [0, 0.1) is 6.92 Å². The average Bonchev–Trinajstić information content (AvgIpc) is 3.03. The van der Waals surface area contributed by atoms with Gasteiger partial charge in [0.2, 0.25) is 5.91 Å². The Hall–Kier alpha value is -2.71. The summed E-state index contributed by atoms with van der Waals surface area (Å²) in [6.07, 6.45) is 1.98. The Balaban J connectivity index is 1.69. The Morgan fingerprint density at radius 1 is 1.28 bits per heavy atom. The number of amides is 1. The second-order valence-electron chi connectivity index (χ2n) is 6.36. The number of nitrogens with one attached hydrogen (secondary N) is 1. The maximum atomic E-state index is 12.8. The number of halogens is 1. The summed E-state index contributed by atoms with van der Waals surface area (Å²) in [4.78, 5) is 42.1. The SMILES string of the molecule is CCOC(=O)c1sc2ncn(CC(=O)NCCc3ccc(Cl)cc3)c(=O)c2c1C. The average molecular weight is 434 g/mol. The van der Waals surface area contributed by atoms with E-state index in [9.17, 15) is 14.4 Å². The molecule has 0 saturated carbocycles. The maximum absolute atomic E-state index is 12.8. The summed E-state index contributed by atoms with van der Waals surface area (Å²) in [5.74, 6) is -0.764. The normalized spacial score (nSPS) is 10.9. The summed E-state index contributed by atoms with van der Waals surface area (Å²) in [7, 11) is 0. The van der Waals surface area contributed by atoms with Gasteiger partial charge in [0.05, 0.1) is 18.3 Å². The van der Waals surface area contributed by atoms with Crippen molar-refractivity contribution >= 4 is 45.0 Å². The molecule has 0 fully saturated rings. The quantitative estimate of drug-likeness (QED) is 0.578. The van der Waals surface area contributed by atoms with Crippen molar-refractivity contribution in [3.8, 4) is 0 Å². The van der Waals surface area contributed by atoms with Gasteiger partial charge in [0, 0.05) is 11.6 Å². The van der Waals surface area contributed by atoms with E-state index >= 15 is 0 Å². The number of esters is 1. The highest BCUT2D eigenvalue weighted by molar-refractivity contribution is 7.20. The number of hydrogen-bond acceptors (Lipinski definition) is 6. The van der Waals surface area contributed by atoms with Gasteiger partial charge in [-0.3, -0.25) is 14.2 Å². The molecule has 3 rings (SSSR count). The highest BCUT2D eigenvalue weighted by Crippen LogP contribution is 2.27. The lowest BCUT2D eigenvalue weighted by Gasteiger charge is -2.07. The number of thiophene rings is 1. The summed E-state index contributed by atoms with van der Waals surface area (Å²) >= 11 is 6.97. The molecular formula is C20H20ClN3O4S. The molecule has 3 aromatic rings. The van der Waals surface area contributed by atoms with Gasteiger partial charge in [-0.25, -0.2) is 9.78 Å². The molecule has 0 aliphatic rings. The second kappa shape index (κ2) is 9.19. The molecule has 0 radical (unpaired) electrons. The van der Waals surface area contributed by atoms with Crippen LogP contribution >= 0.6 is 22.9 Å². The highest BCUT2D eigenvalue weighted by Gasteiger charge is 2.20. The smallest absolute Gasteiger partial charge is 0.348 e. The molecule has 2 aromatic heterocycles. The van der Waals surface area contributed by atoms with E-state index < -0.39 is 5.97 Å². The first-order valence-corrected chi connectivity index (χ1v) is 10.3. The van der Waals surface area contributed by atoms with Gasteiger partial charge < -0.3 is 10.1 Å². The van der Waals surface area contributed by atoms with Gasteiger partial charge >= 0.3 is 5.97 Å². The minimum Gasteiger partial charge on any atom is -0.462 e. The Kier molecular flexibility index (Phi) is 6.66. The second-order valence-corrected chi connectivity index (χ2v) is 7.80. The molecule has 29 heavy (non-hydrogen) atoms. The molecule has 1 aromatic carbocycles. The molecule has 1 N–H and O–H groups in total. The van der Waals surface area contributed by atoms with Crippen LogP contribution in [0.3, 0.4) is 0 Å². The molecule has 9 heteroatoms. The summed E-state index contributed by atoms with van der Waals surface area (Å²) in [6.45, 7) is 3.95. The first kappa shape index (κ1) is 21.0. The van der Waals surface area contributed by atoms with Crippen molar-refractivity contribution in [2.24, 2.45) is 0 Å². The van der Waals surface area contributed by atoms with Crippen molar-refractivity contribution < 1.29 is 14.3 Å². The minimum absolute atomic E-state index is 0.146. The van der Waals surface area contributed by atoms with Gasteiger partial charge in [0.1, 0.15) is 16.3 Å². The van der Waals surface area contributed by atoms with Crippen molar-refractivity contribution in [2.45, 2.75) is 26.8 Å². The van der Waals surface area contributed by atoms with E-state index in [-0.39, 0.29) is 24.6 Å². The van der Waals surface area contributed by atoms with Gasteiger partial charge in [-0.1, -0.05) is 23.7 Å². The van der Waals surface area contributed by atoms with Crippen LogP contribution in [-0.2, 0) is 22.5 Å². The molecule has 0 saturated heterocycles. The van der Waals surface area contributed by atoms with Gasteiger partial charge in [-0.05, 0) is 43.5 Å². The summed E-state index contributed by atoms with van der Waals surface area (Å²) in [5, 5.41) is 3.80. The summed E-state index contributed by atoms with van der Waals surface area (Å²) in [5.41, 5.74) is 1.22. The van der Waals surface area contributed by atoms with Crippen LogP contribution in [0.5, 0.6) is 0 Å². The molecule has 0 unspecified atom stereocenters. The highest BCUT2D eigenvalue weighted by atomic mass is 35.5. The minimum atomic E-state index is -0.473. The molecule has 2 heterocycles. The van der Waals surface area contributed by atoms with Crippen molar-refractivity contribution in [2.75, 3.05) is 13.2 Å². The Morgan fingerprint density at radius 2 is 2.00 bits per heavy atom. The Morgan fingerprint density at radius 3 is 2.69 bits per heavy atom. The lowest BCUT2D eigenvalue weighted by Crippen LogP contribution is -2.33. The van der Waals surface area contributed by atoms with E-state index in [4.69, 9.17) is 16.3 Å². The summed E-state index contributed by atoms with van der Waals surface area (Å²) in [6, 6.07) is 7.40. The van der Waals surface area contributed by atoms with Crippen LogP contribution in [0.1, 0.15) is 27.7 Å². The fraction of sp³-hybridized carbons (Fsp3) is 0.300. The zero-order chi connectivity index (χ0) is 21.0. The largest absolute Gasteiger partial charge is 0.462 e. The van der Waals surface area contributed by atoms with Crippen LogP contribution < -0.4 is 10.9 Å². The molecule has 0 aliphatic carbocycles. The van der Waals surface area contributed by atoms with Gasteiger partial charge in [-0.2, -0.15) is 0 Å². The number of benzene rings is 1. The topological polar surface area (TPSA) is 90.3 Å². The first-order valence-electron chi connectivity index (χ1n) is 9.07. The maximum Gasteiger partial charge on any atom is 0.348 e. The monoisotopic (exact) mass is 433 g/mol. The first-order chi connectivity index (χ1) is 13.9. The van der Waals surface area contributed by atoms with E-state index in [0.717, 1.165) is 16.9 Å². The molecular weight excluding hydrogens is 414 g/mol. The van der Waals surface area contributed by atoms with Gasteiger partial charge in [0.15, 0.2) is 0 Å². The van der Waals surface area contributed by atoms with Crippen molar-refractivity contribution in [3.63, 3.8) is 0 Å². The third kappa shape index (κ3) is 4.83. The predicted molar refractivity (Wildman–Crippen MR) is 113 cm³/mol. The molecule has 0 bridgehead atoms. The molecule has 0 spiro atoms. The molecule has 152 valence electrons. The molecule has 1 amide bonds. The number of aromatic nitrogens is 2. The zero-order valence-corrected chi connectivity index (χ0v) is 17.6. The standard InChI is InChI=1S/C20H20ClN3O4S/c1-3-28-20(27)17-12(2)16-18(29-17)23-11-24(19(16)26)10-15(25)22-9-8-13-4-6-14(21)7-5-13/h4-7,11H,3,8-10H2,1-2H3,(H,22,25). The lowest BCUT2D eigenvalue weighted by molar-refractivity contribution is -0.121. The van der Waals surface area contributed by atoms with E-state index in [1.165, 1.54) is 10.9 Å². The van der Waals surface area contributed by atoms with E-state index in [0.29, 0.717) is 38.6 Å². The number of aryl methyl sites for hydroxylation is 1. The number of nitrogens with zero attached hydrogens (tertiary/aromatic N) is 2. The predicted octanol–water partition coefficient (Wildman–Crippen LogP) is 2.96. The number of carbonyl (C=O) groups is 2. The van der Waals surface area contributed by atoms with Crippen molar-refractivity contribution in [1.29, 1.82) is 0 Å². The van der Waals surface area contributed by atoms with Crippen LogP contribution in [-0.4, -0.2) is 34.6 Å². The third-order valence-electron chi connectivity index (χ3n) is 4.34. The molecule has 0 aliphatic heterocycles. The number of rotatable bonds is 7. The number of ether oxygens (including phenoxy) is 1. The fourth-order valence-electron chi connectivity index (χ4n) is 2.87. The van der Waals surface area contributed by atoms with E-state index in [2.05, 4.69) is 10.3 Å².